The molecule has 33 heavy (non-hydrogen) atoms. The molecule has 5 saturated carbocycles. The summed E-state index contributed by atoms with van der Waals surface area (Å²) in [6.07, 6.45) is 10.7. The first-order valence-electron chi connectivity index (χ1n) is 12.1. The second-order valence-corrected chi connectivity index (χ2v) is 10.8. The van der Waals surface area contributed by atoms with Crippen LogP contribution in [0.15, 0.2) is 41.5 Å². The molecule has 7 aliphatic rings. The van der Waals surface area contributed by atoms with Crippen molar-refractivity contribution in [3.63, 3.8) is 0 Å². The zero-order chi connectivity index (χ0) is 22.6. The first-order valence-corrected chi connectivity index (χ1v) is 12.1. The van der Waals surface area contributed by atoms with Crippen molar-refractivity contribution >= 4 is 23.2 Å². The molecule has 4 unspecified atom stereocenters. The van der Waals surface area contributed by atoms with Gasteiger partial charge in [-0.1, -0.05) is 23.3 Å². The summed E-state index contributed by atoms with van der Waals surface area (Å²) in [5, 5.41) is 11.7. The number of nitro benzene ring substituents is 1. The lowest BCUT2D eigenvalue weighted by molar-refractivity contribution is -0.384. The fourth-order valence-electron chi connectivity index (χ4n) is 8.51. The van der Waals surface area contributed by atoms with E-state index in [1.165, 1.54) is 56.9 Å². The summed E-state index contributed by atoms with van der Waals surface area (Å²) < 4.78 is 5.11. The van der Waals surface area contributed by atoms with Gasteiger partial charge in [0.05, 0.1) is 29.9 Å². The highest BCUT2D eigenvalue weighted by Gasteiger charge is 2.64. The van der Waals surface area contributed by atoms with E-state index >= 15 is 0 Å². The quantitative estimate of drug-likeness (QED) is 0.299. The number of benzene rings is 1. The Morgan fingerprint density at radius 3 is 2.00 bits per heavy atom. The van der Waals surface area contributed by atoms with Crippen LogP contribution < -0.4 is 9.64 Å². The van der Waals surface area contributed by atoms with Crippen LogP contribution in [0.25, 0.3) is 0 Å². The average Bonchev–Trinajstić information content (AvgIpc) is 3.42. The maximum Gasteiger partial charge on any atom is 0.297 e. The fourth-order valence-corrected chi connectivity index (χ4v) is 8.51. The van der Waals surface area contributed by atoms with Crippen molar-refractivity contribution < 1.29 is 19.2 Å². The predicted octanol–water partition coefficient (Wildman–Crippen LogP) is 4.28. The Balaban J connectivity index is 1.28. The second kappa shape index (κ2) is 6.55. The lowest BCUT2D eigenvalue weighted by Crippen LogP contribution is -2.41. The highest BCUT2D eigenvalue weighted by molar-refractivity contribution is 6.24. The Morgan fingerprint density at radius 1 is 0.909 bits per heavy atom. The number of allylic oxidation sites excluding steroid dienone is 4. The lowest BCUT2D eigenvalue weighted by atomic mass is 9.53. The maximum atomic E-state index is 13.6. The van der Waals surface area contributed by atoms with E-state index in [4.69, 9.17) is 4.74 Å². The molecule has 170 valence electrons. The standard InChI is InChI=1S/C26H26N2O5/c1-33-16-2-5-19(20(11-16)28(31)32)27-25(29)23-17-3-4-18(24(23)26(27)30)22(17)21-14-7-12-6-13(9-14)10-15(21)8-12/h2-5,11-15,17-18,23-24H,6-10H2,1H3. The van der Waals surface area contributed by atoms with Crippen molar-refractivity contribution in [1.29, 1.82) is 0 Å². The van der Waals surface area contributed by atoms with Crippen LogP contribution in [-0.4, -0.2) is 23.8 Å². The molecular weight excluding hydrogens is 420 g/mol. The van der Waals surface area contributed by atoms with Crippen LogP contribution in [0.3, 0.4) is 0 Å². The van der Waals surface area contributed by atoms with Gasteiger partial charge in [0, 0.05) is 11.8 Å². The van der Waals surface area contributed by atoms with E-state index in [1.54, 1.807) is 11.6 Å². The normalized spacial score (nSPS) is 39.7. The van der Waals surface area contributed by atoms with Crippen molar-refractivity contribution in [2.45, 2.75) is 32.1 Å². The first kappa shape index (κ1) is 19.5. The number of carbonyl (C=O) groups excluding carboxylic acids is 2. The molecule has 1 saturated heterocycles. The molecule has 7 nitrogen and oxygen atoms in total. The van der Waals surface area contributed by atoms with E-state index in [0.29, 0.717) is 17.6 Å². The molecule has 1 heterocycles. The van der Waals surface area contributed by atoms with Crippen molar-refractivity contribution in [1.82, 2.24) is 0 Å². The van der Waals surface area contributed by atoms with Gasteiger partial charge in [0.15, 0.2) is 0 Å². The summed E-state index contributed by atoms with van der Waals surface area (Å²) in [5.41, 5.74) is 2.72. The van der Waals surface area contributed by atoms with Crippen LogP contribution >= 0.6 is 0 Å². The van der Waals surface area contributed by atoms with Gasteiger partial charge in [0.25, 0.3) is 5.69 Å². The number of ether oxygens (including phenoxy) is 1. The van der Waals surface area contributed by atoms with Gasteiger partial charge in [-0.2, -0.15) is 0 Å². The smallest absolute Gasteiger partial charge is 0.297 e. The molecule has 0 aromatic heterocycles. The third-order valence-electron chi connectivity index (χ3n) is 9.39. The molecule has 4 atom stereocenters. The van der Waals surface area contributed by atoms with E-state index < -0.39 is 16.8 Å². The molecule has 6 fully saturated rings. The molecule has 0 spiro atoms. The van der Waals surface area contributed by atoms with Gasteiger partial charge >= 0.3 is 0 Å². The van der Waals surface area contributed by atoms with Gasteiger partial charge in [-0.3, -0.25) is 19.7 Å². The highest BCUT2D eigenvalue weighted by Crippen LogP contribution is 2.64. The number of nitrogens with zero attached hydrogens (tertiary/aromatic N) is 2. The number of nitro groups is 1. The minimum absolute atomic E-state index is 0.0359. The van der Waals surface area contributed by atoms with Crippen LogP contribution in [0.4, 0.5) is 11.4 Å². The van der Waals surface area contributed by atoms with Crippen LogP contribution in [0, 0.1) is 57.5 Å². The topological polar surface area (TPSA) is 89.8 Å². The zero-order valence-corrected chi connectivity index (χ0v) is 18.5. The molecule has 0 radical (unpaired) electrons. The molecule has 1 aliphatic heterocycles. The van der Waals surface area contributed by atoms with Gasteiger partial charge in [0.2, 0.25) is 11.8 Å². The van der Waals surface area contributed by atoms with E-state index in [2.05, 4.69) is 12.2 Å². The van der Waals surface area contributed by atoms with Crippen LogP contribution in [0.2, 0.25) is 0 Å². The molecule has 1 aromatic rings. The number of methoxy groups -OCH3 is 1. The zero-order valence-electron chi connectivity index (χ0n) is 18.5. The third-order valence-corrected chi connectivity index (χ3v) is 9.39. The fraction of sp³-hybridized carbons (Fsp3) is 0.538. The molecule has 2 amide bonds. The van der Waals surface area contributed by atoms with Gasteiger partial charge in [-0.25, -0.2) is 4.90 Å². The van der Waals surface area contributed by atoms with Crippen LogP contribution in [-0.2, 0) is 9.59 Å². The Hall–Kier alpha value is -2.96. The van der Waals surface area contributed by atoms with E-state index in [9.17, 15) is 19.7 Å². The number of rotatable bonds is 3. The SMILES string of the molecule is COc1ccc(N2C(=O)C3C4C=CC(C4=C4C5CC6CC(C5)CC4C6)C3C2=O)c([N+](=O)[O-])c1. The van der Waals surface area contributed by atoms with Crippen LogP contribution in [0.1, 0.15) is 32.1 Å². The van der Waals surface area contributed by atoms with E-state index in [1.807, 2.05) is 0 Å². The summed E-state index contributed by atoms with van der Waals surface area (Å²) in [6, 6.07) is 4.30. The van der Waals surface area contributed by atoms with Crippen molar-refractivity contribution in [2.75, 3.05) is 12.0 Å². The largest absolute Gasteiger partial charge is 0.496 e. The number of hydrogen-bond acceptors (Lipinski definition) is 5. The van der Waals surface area contributed by atoms with Crippen LogP contribution in [0.5, 0.6) is 5.75 Å². The number of amides is 2. The first-order chi connectivity index (χ1) is 16.0. The van der Waals surface area contributed by atoms with Gasteiger partial charge in [0.1, 0.15) is 11.4 Å². The molecule has 0 N–H and O–H groups in total. The summed E-state index contributed by atoms with van der Waals surface area (Å²) >= 11 is 0. The Labute approximate surface area is 191 Å². The summed E-state index contributed by atoms with van der Waals surface area (Å²) in [6.45, 7) is 0. The molecule has 1 aromatic carbocycles. The Kier molecular flexibility index (Phi) is 3.87. The maximum absolute atomic E-state index is 13.6. The minimum atomic E-state index is -0.554. The Morgan fingerprint density at radius 2 is 1.48 bits per heavy atom. The molecule has 7 heteroatoms. The monoisotopic (exact) mass is 446 g/mol. The molecule has 6 aliphatic carbocycles. The van der Waals surface area contributed by atoms with Gasteiger partial charge in [-0.15, -0.1) is 0 Å². The summed E-state index contributed by atoms with van der Waals surface area (Å²) in [4.78, 5) is 39.5. The summed E-state index contributed by atoms with van der Waals surface area (Å²) in [7, 11) is 1.43. The van der Waals surface area contributed by atoms with Gasteiger partial charge < -0.3 is 4.74 Å². The Bertz CT molecular complexity index is 1120. The molecular formula is C26H26N2O5. The average molecular weight is 447 g/mol. The molecule has 6 bridgehead atoms. The van der Waals surface area contributed by atoms with E-state index in [-0.39, 0.29) is 35.0 Å². The molecule has 8 rings (SSSR count). The highest BCUT2D eigenvalue weighted by atomic mass is 16.6. The predicted molar refractivity (Wildman–Crippen MR) is 119 cm³/mol. The minimum Gasteiger partial charge on any atom is -0.496 e. The third kappa shape index (κ3) is 2.45. The number of carbonyl (C=O) groups is 2. The number of anilines is 1. The summed E-state index contributed by atoms with van der Waals surface area (Å²) in [5.74, 6) is 1.76. The van der Waals surface area contributed by atoms with Crippen molar-refractivity contribution in [3.05, 3.63) is 51.6 Å². The lowest BCUT2D eigenvalue weighted by Gasteiger charge is -2.52. The van der Waals surface area contributed by atoms with Gasteiger partial charge in [-0.05, 0) is 67.9 Å². The van der Waals surface area contributed by atoms with Crippen molar-refractivity contribution in [2.24, 2.45) is 47.3 Å². The number of fused-ring (bicyclic) bond motifs is 5. The van der Waals surface area contributed by atoms with E-state index in [0.717, 1.165) is 16.7 Å². The van der Waals surface area contributed by atoms with Crippen molar-refractivity contribution in [3.8, 4) is 5.75 Å². The number of hydrogen-bond donors (Lipinski definition) is 0. The number of imide groups is 1. The second-order valence-electron chi connectivity index (χ2n) is 10.8.